The average molecular weight is 267 g/mol. The molecule has 0 aliphatic rings. The molecule has 0 saturated heterocycles. The third-order valence-corrected chi connectivity index (χ3v) is 3.00. The van der Waals surface area contributed by atoms with Gasteiger partial charge in [-0.05, 0) is 29.8 Å². The van der Waals surface area contributed by atoms with Crippen molar-refractivity contribution >= 4 is 34.6 Å². The zero-order valence-corrected chi connectivity index (χ0v) is 10.6. The minimum absolute atomic E-state index is 0.604. The lowest BCUT2D eigenvalue weighted by molar-refractivity contribution is 1.15. The number of benzene rings is 2. The second-order valence-corrected chi connectivity index (χ2v) is 4.52. The van der Waals surface area contributed by atoms with Gasteiger partial charge in [-0.2, -0.15) is 0 Å². The minimum atomic E-state index is 0.604. The fourth-order valence-electron chi connectivity index (χ4n) is 1.52. The summed E-state index contributed by atoms with van der Waals surface area (Å²) in [6.07, 6.45) is 0. The van der Waals surface area contributed by atoms with Crippen LogP contribution in [0.15, 0.2) is 42.5 Å². The Morgan fingerprint density at radius 2 is 1.82 bits per heavy atom. The smallest absolute Gasteiger partial charge is 0.0652 e. The van der Waals surface area contributed by atoms with Crippen LogP contribution in [-0.4, -0.2) is 0 Å². The summed E-state index contributed by atoms with van der Waals surface area (Å²) in [4.78, 5) is 0. The molecular formula is C13H12Cl2N2. The van der Waals surface area contributed by atoms with Gasteiger partial charge in [0.25, 0.3) is 0 Å². The highest BCUT2D eigenvalue weighted by Crippen LogP contribution is 2.26. The molecule has 0 radical (unpaired) electrons. The van der Waals surface area contributed by atoms with E-state index in [1.54, 1.807) is 12.1 Å². The van der Waals surface area contributed by atoms with Gasteiger partial charge < -0.3 is 11.1 Å². The van der Waals surface area contributed by atoms with Crippen molar-refractivity contribution in [1.29, 1.82) is 0 Å². The summed E-state index contributed by atoms with van der Waals surface area (Å²) in [6.45, 7) is 0.633. The first-order valence-electron chi connectivity index (χ1n) is 5.19. The summed E-state index contributed by atoms with van der Waals surface area (Å²) < 4.78 is 0. The number of rotatable bonds is 3. The molecule has 17 heavy (non-hydrogen) atoms. The Morgan fingerprint density at radius 1 is 1.06 bits per heavy atom. The van der Waals surface area contributed by atoms with E-state index in [1.165, 1.54) is 0 Å². The van der Waals surface area contributed by atoms with Crippen LogP contribution < -0.4 is 11.1 Å². The van der Waals surface area contributed by atoms with Gasteiger partial charge in [0.05, 0.1) is 10.7 Å². The van der Waals surface area contributed by atoms with Crippen LogP contribution in [0.2, 0.25) is 10.0 Å². The van der Waals surface area contributed by atoms with Crippen LogP contribution in [0.3, 0.4) is 0 Å². The van der Waals surface area contributed by atoms with E-state index in [1.807, 2.05) is 30.3 Å². The molecule has 2 aromatic carbocycles. The molecule has 2 aromatic rings. The molecule has 2 rings (SSSR count). The highest BCUT2D eigenvalue weighted by atomic mass is 35.5. The highest BCUT2D eigenvalue weighted by molar-refractivity contribution is 6.36. The first kappa shape index (κ1) is 12.1. The van der Waals surface area contributed by atoms with Crippen LogP contribution >= 0.6 is 23.2 Å². The van der Waals surface area contributed by atoms with Gasteiger partial charge in [-0.3, -0.25) is 0 Å². The molecule has 0 aromatic heterocycles. The SMILES string of the molecule is Nc1ccccc1CNc1ccc(Cl)cc1Cl. The van der Waals surface area contributed by atoms with Gasteiger partial charge in [0.2, 0.25) is 0 Å². The molecule has 0 atom stereocenters. The summed E-state index contributed by atoms with van der Waals surface area (Å²) in [6, 6.07) is 13.1. The largest absolute Gasteiger partial charge is 0.398 e. The Labute approximate surface area is 110 Å². The zero-order valence-electron chi connectivity index (χ0n) is 9.08. The van der Waals surface area contributed by atoms with Crippen molar-refractivity contribution in [3.05, 3.63) is 58.1 Å². The molecule has 2 nitrogen and oxygen atoms in total. The van der Waals surface area contributed by atoms with Crippen LogP contribution in [0.25, 0.3) is 0 Å². The first-order valence-corrected chi connectivity index (χ1v) is 5.95. The summed E-state index contributed by atoms with van der Waals surface area (Å²) in [5.41, 5.74) is 8.51. The van der Waals surface area contributed by atoms with Crippen molar-refractivity contribution in [3.63, 3.8) is 0 Å². The molecule has 88 valence electrons. The number of hydrogen-bond acceptors (Lipinski definition) is 2. The Balaban J connectivity index is 2.10. The summed E-state index contributed by atoms with van der Waals surface area (Å²) in [5, 5.41) is 4.46. The fourth-order valence-corrected chi connectivity index (χ4v) is 1.99. The van der Waals surface area contributed by atoms with Crippen LogP contribution in [0, 0.1) is 0 Å². The summed E-state index contributed by atoms with van der Waals surface area (Å²) >= 11 is 11.9. The molecule has 0 amide bonds. The molecule has 0 aliphatic heterocycles. The standard InChI is InChI=1S/C13H12Cl2N2/c14-10-5-6-13(11(15)7-10)17-8-9-3-1-2-4-12(9)16/h1-7,17H,8,16H2. The number of nitrogens with one attached hydrogen (secondary N) is 1. The molecule has 0 unspecified atom stereocenters. The van der Waals surface area contributed by atoms with Crippen molar-refractivity contribution < 1.29 is 0 Å². The molecular weight excluding hydrogens is 255 g/mol. The van der Waals surface area contributed by atoms with Crippen molar-refractivity contribution in [2.24, 2.45) is 0 Å². The van der Waals surface area contributed by atoms with Gasteiger partial charge in [-0.1, -0.05) is 41.4 Å². The second-order valence-electron chi connectivity index (χ2n) is 3.68. The Kier molecular flexibility index (Phi) is 3.77. The van der Waals surface area contributed by atoms with Gasteiger partial charge in [0.1, 0.15) is 0 Å². The Bertz CT molecular complexity index is 527. The van der Waals surface area contributed by atoms with Crippen molar-refractivity contribution in [2.45, 2.75) is 6.54 Å². The maximum absolute atomic E-state index is 6.06. The maximum Gasteiger partial charge on any atom is 0.0652 e. The fraction of sp³-hybridized carbons (Fsp3) is 0.0769. The lowest BCUT2D eigenvalue weighted by atomic mass is 10.2. The molecule has 0 aliphatic carbocycles. The third kappa shape index (κ3) is 3.05. The van der Waals surface area contributed by atoms with Crippen molar-refractivity contribution in [1.82, 2.24) is 0 Å². The molecule has 0 saturated carbocycles. The highest BCUT2D eigenvalue weighted by Gasteiger charge is 2.02. The summed E-state index contributed by atoms with van der Waals surface area (Å²) in [5.74, 6) is 0. The third-order valence-electron chi connectivity index (χ3n) is 2.46. The predicted molar refractivity (Wildman–Crippen MR) is 74.6 cm³/mol. The van der Waals surface area contributed by atoms with E-state index in [2.05, 4.69) is 5.32 Å². The average Bonchev–Trinajstić information content (AvgIpc) is 2.30. The van der Waals surface area contributed by atoms with Gasteiger partial charge >= 0.3 is 0 Å². The van der Waals surface area contributed by atoms with Gasteiger partial charge in [0, 0.05) is 17.3 Å². The quantitative estimate of drug-likeness (QED) is 0.818. The van der Waals surface area contributed by atoms with Crippen LogP contribution in [0.5, 0.6) is 0 Å². The number of hydrogen-bond donors (Lipinski definition) is 2. The number of para-hydroxylation sites is 1. The second kappa shape index (κ2) is 5.30. The molecule has 0 spiro atoms. The van der Waals surface area contributed by atoms with Gasteiger partial charge in [-0.15, -0.1) is 0 Å². The zero-order chi connectivity index (χ0) is 12.3. The van der Waals surface area contributed by atoms with E-state index >= 15 is 0 Å². The predicted octanol–water partition coefficient (Wildman–Crippen LogP) is 4.19. The monoisotopic (exact) mass is 266 g/mol. The topological polar surface area (TPSA) is 38.0 Å². The number of halogens is 2. The van der Waals surface area contributed by atoms with E-state index < -0.39 is 0 Å². The molecule has 0 fully saturated rings. The van der Waals surface area contributed by atoms with Crippen LogP contribution in [-0.2, 0) is 6.54 Å². The molecule has 3 N–H and O–H groups in total. The van der Waals surface area contributed by atoms with E-state index in [0.29, 0.717) is 16.6 Å². The van der Waals surface area contributed by atoms with Crippen LogP contribution in [0.1, 0.15) is 5.56 Å². The van der Waals surface area contributed by atoms with Gasteiger partial charge in [-0.25, -0.2) is 0 Å². The maximum atomic E-state index is 6.06. The number of anilines is 2. The molecule has 4 heteroatoms. The Hall–Kier alpha value is -1.38. The van der Waals surface area contributed by atoms with E-state index in [0.717, 1.165) is 16.9 Å². The Morgan fingerprint density at radius 3 is 2.53 bits per heavy atom. The van der Waals surface area contributed by atoms with Crippen molar-refractivity contribution in [3.8, 4) is 0 Å². The lowest BCUT2D eigenvalue weighted by Gasteiger charge is -2.10. The normalized spacial score (nSPS) is 10.2. The van der Waals surface area contributed by atoms with E-state index in [4.69, 9.17) is 28.9 Å². The minimum Gasteiger partial charge on any atom is -0.398 e. The molecule has 0 heterocycles. The lowest BCUT2D eigenvalue weighted by Crippen LogP contribution is -2.02. The van der Waals surface area contributed by atoms with E-state index in [9.17, 15) is 0 Å². The number of nitrogen functional groups attached to an aromatic ring is 1. The van der Waals surface area contributed by atoms with Crippen LogP contribution in [0.4, 0.5) is 11.4 Å². The molecule has 0 bridgehead atoms. The first-order chi connectivity index (χ1) is 8.16. The van der Waals surface area contributed by atoms with Crippen molar-refractivity contribution in [2.75, 3.05) is 11.1 Å². The van der Waals surface area contributed by atoms with Gasteiger partial charge in [0.15, 0.2) is 0 Å². The summed E-state index contributed by atoms with van der Waals surface area (Å²) in [7, 11) is 0. The van der Waals surface area contributed by atoms with E-state index in [-0.39, 0.29) is 0 Å². The number of nitrogens with two attached hydrogens (primary N) is 1.